The van der Waals surface area contributed by atoms with Crippen LogP contribution in [-0.2, 0) is 24.2 Å². The third kappa shape index (κ3) is 4.28. The van der Waals surface area contributed by atoms with Crippen LogP contribution in [0.15, 0.2) is 39.4 Å². The van der Waals surface area contributed by atoms with Gasteiger partial charge in [0.2, 0.25) is 23.5 Å². The van der Waals surface area contributed by atoms with Crippen LogP contribution in [-0.4, -0.2) is 38.1 Å². The maximum absolute atomic E-state index is 12.2. The Hall–Kier alpha value is -3.03. The molecule has 0 aliphatic carbocycles. The van der Waals surface area contributed by atoms with E-state index in [-0.39, 0.29) is 12.3 Å². The number of aromatic nitrogens is 4. The molecule has 130 valence electrons. The Balaban J connectivity index is 1.52. The molecule has 8 nitrogen and oxygen atoms in total. The number of benzene rings is 1. The SMILES string of the molecule is CCc1nc(CN(C)C(=O)CCc2nc(-c3ccccc3)no2)no1. The van der Waals surface area contributed by atoms with Crippen LogP contribution in [0, 0.1) is 0 Å². The number of hydrogen-bond donors (Lipinski definition) is 0. The van der Waals surface area contributed by atoms with Crippen molar-refractivity contribution in [2.24, 2.45) is 0 Å². The average Bonchev–Trinajstić information content (AvgIpc) is 3.29. The van der Waals surface area contributed by atoms with Gasteiger partial charge < -0.3 is 13.9 Å². The molecule has 8 heteroatoms. The van der Waals surface area contributed by atoms with Crippen LogP contribution < -0.4 is 0 Å². The molecule has 1 aromatic carbocycles. The topological polar surface area (TPSA) is 98.2 Å². The number of rotatable bonds is 7. The van der Waals surface area contributed by atoms with Gasteiger partial charge in [0.15, 0.2) is 5.82 Å². The minimum atomic E-state index is -0.0534. The Morgan fingerprint density at radius 1 is 1.08 bits per heavy atom. The summed E-state index contributed by atoms with van der Waals surface area (Å²) in [6, 6.07) is 9.55. The van der Waals surface area contributed by atoms with Crippen LogP contribution in [0.4, 0.5) is 0 Å². The van der Waals surface area contributed by atoms with E-state index in [1.54, 1.807) is 11.9 Å². The van der Waals surface area contributed by atoms with E-state index in [4.69, 9.17) is 9.05 Å². The lowest BCUT2D eigenvalue weighted by molar-refractivity contribution is -0.130. The zero-order valence-corrected chi connectivity index (χ0v) is 14.2. The predicted octanol–water partition coefficient (Wildman–Crippen LogP) is 2.27. The molecule has 2 heterocycles. The van der Waals surface area contributed by atoms with Crippen molar-refractivity contribution in [3.63, 3.8) is 0 Å². The summed E-state index contributed by atoms with van der Waals surface area (Å²) in [4.78, 5) is 22.3. The van der Waals surface area contributed by atoms with Crippen molar-refractivity contribution in [1.82, 2.24) is 25.2 Å². The van der Waals surface area contributed by atoms with Gasteiger partial charge in [0.1, 0.15) is 0 Å². The summed E-state index contributed by atoms with van der Waals surface area (Å²) in [5.41, 5.74) is 0.879. The molecular formula is C17H19N5O3. The van der Waals surface area contributed by atoms with Gasteiger partial charge in [-0.25, -0.2) is 0 Å². The van der Waals surface area contributed by atoms with Gasteiger partial charge in [-0.1, -0.05) is 47.6 Å². The summed E-state index contributed by atoms with van der Waals surface area (Å²) >= 11 is 0. The fourth-order valence-corrected chi connectivity index (χ4v) is 2.26. The molecule has 0 saturated heterocycles. The zero-order valence-electron chi connectivity index (χ0n) is 14.2. The highest BCUT2D eigenvalue weighted by Gasteiger charge is 2.15. The summed E-state index contributed by atoms with van der Waals surface area (Å²) in [5, 5.41) is 7.79. The van der Waals surface area contributed by atoms with Gasteiger partial charge in [0, 0.05) is 31.9 Å². The van der Waals surface area contributed by atoms with E-state index in [0.29, 0.717) is 42.8 Å². The Kier molecular flexibility index (Phi) is 5.17. The van der Waals surface area contributed by atoms with Crippen molar-refractivity contribution in [2.75, 3.05) is 7.05 Å². The van der Waals surface area contributed by atoms with E-state index in [9.17, 15) is 4.79 Å². The summed E-state index contributed by atoms with van der Waals surface area (Å²) < 4.78 is 10.2. The summed E-state index contributed by atoms with van der Waals surface area (Å²) in [7, 11) is 1.70. The fraction of sp³-hybridized carbons (Fsp3) is 0.353. The lowest BCUT2D eigenvalue weighted by Gasteiger charge is -2.13. The highest BCUT2D eigenvalue weighted by atomic mass is 16.5. The molecule has 2 aromatic heterocycles. The fourth-order valence-electron chi connectivity index (χ4n) is 2.26. The first-order chi connectivity index (χ1) is 12.2. The maximum atomic E-state index is 12.2. The minimum Gasteiger partial charge on any atom is -0.339 e. The second-order valence-corrected chi connectivity index (χ2v) is 5.59. The minimum absolute atomic E-state index is 0.0534. The van der Waals surface area contributed by atoms with Gasteiger partial charge in [-0.3, -0.25) is 4.79 Å². The average molecular weight is 341 g/mol. The molecule has 0 aliphatic heterocycles. The first kappa shape index (κ1) is 16.8. The Morgan fingerprint density at radius 2 is 1.84 bits per heavy atom. The molecule has 0 atom stereocenters. The monoisotopic (exact) mass is 341 g/mol. The van der Waals surface area contributed by atoms with Crippen molar-refractivity contribution in [1.29, 1.82) is 0 Å². The molecule has 0 N–H and O–H groups in total. The molecule has 0 aliphatic rings. The molecule has 0 fully saturated rings. The van der Waals surface area contributed by atoms with Gasteiger partial charge in [-0.15, -0.1) is 0 Å². The summed E-state index contributed by atoms with van der Waals surface area (Å²) in [6.07, 6.45) is 1.33. The van der Waals surface area contributed by atoms with Gasteiger partial charge in [0.25, 0.3) is 0 Å². The molecule has 0 spiro atoms. The van der Waals surface area contributed by atoms with Crippen LogP contribution in [0.25, 0.3) is 11.4 Å². The van der Waals surface area contributed by atoms with Crippen LogP contribution in [0.2, 0.25) is 0 Å². The van der Waals surface area contributed by atoms with E-state index in [1.165, 1.54) is 0 Å². The Morgan fingerprint density at radius 3 is 2.56 bits per heavy atom. The van der Waals surface area contributed by atoms with Crippen molar-refractivity contribution in [3.8, 4) is 11.4 Å². The Bertz CT molecular complexity index is 828. The standard InChI is InChI=1S/C17H19N5O3/c1-3-14-18-13(20-24-14)11-22(2)16(23)10-9-15-19-17(21-25-15)12-7-5-4-6-8-12/h4-8H,3,9-11H2,1-2H3. The van der Waals surface area contributed by atoms with E-state index in [2.05, 4.69) is 20.3 Å². The molecule has 0 bridgehead atoms. The number of nitrogens with zero attached hydrogens (tertiary/aromatic N) is 5. The van der Waals surface area contributed by atoms with Gasteiger partial charge in [0.05, 0.1) is 6.54 Å². The first-order valence-corrected chi connectivity index (χ1v) is 8.09. The number of carbonyl (C=O) groups is 1. The first-order valence-electron chi connectivity index (χ1n) is 8.09. The van der Waals surface area contributed by atoms with Crippen molar-refractivity contribution in [2.45, 2.75) is 32.7 Å². The summed E-state index contributed by atoms with van der Waals surface area (Å²) in [5.74, 6) is 1.97. The van der Waals surface area contributed by atoms with Crippen LogP contribution in [0.1, 0.15) is 31.0 Å². The molecule has 25 heavy (non-hydrogen) atoms. The normalized spacial score (nSPS) is 10.8. The van der Waals surface area contributed by atoms with E-state index in [0.717, 1.165) is 5.56 Å². The van der Waals surface area contributed by atoms with Crippen LogP contribution in [0.5, 0.6) is 0 Å². The van der Waals surface area contributed by atoms with Crippen molar-refractivity contribution < 1.29 is 13.8 Å². The van der Waals surface area contributed by atoms with Gasteiger partial charge in [-0.05, 0) is 0 Å². The molecule has 3 rings (SSSR count). The molecule has 0 radical (unpaired) electrons. The molecule has 3 aromatic rings. The number of hydrogen-bond acceptors (Lipinski definition) is 7. The lowest BCUT2D eigenvalue weighted by Crippen LogP contribution is -2.27. The highest BCUT2D eigenvalue weighted by Crippen LogP contribution is 2.15. The van der Waals surface area contributed by atoms with E-state index >= 15 is 0 Å². The summed E-state index contributed by atoms with van der Waals surface area (Å²) in [6.45, 7) is 2.24. The quantitative estimate of drug-likeness (QED) is 0.650. The maximum Gasteiger partial charge on any atom is 0.227 e. The smallest absolute Gasteiger partial charge is 0.227 e. The predicted molar refractivity (Wildman–Crippen MR) is 88.2 cm³/mol. The van der Waals surface area contributed by atoms with E-state index < -0.39 is 0 Å². The zero-order chi connectivity index (χ0) is 17.6. The Labute approximate surface area is 144 Å². The highest BCUT2D eigenvalue weighted by molar-refractivity contribution is 5.75. The lowest BCUT2D eigenvalue weighted by atomic mass is 10.2. The number of carbonyl (C=O) groups excluding carboxylic acids is 1. The van der Waals surface area contributed by atoms with Crippen LogP contribution >= 0.6 is 0 Å². The molecular weight excluding hydrogens is 322 g/mol. The third-order valence-corrected chi connectivity index (χ3v) is 3.67. The van der Waals surface area contributed by atoms with Crippen molar-refractivity contribution >= 4 is 5.91 Å². The van der Waals surface area contributed by atoms with Crippen molar-refractivity contribution in [3.05, 3.63) is 47.9 Å². The van der Waals surface area contributed by atoms with Crippen LogP contribution in [0.3, 0.4) is 0 Å². The van der Waals surface area contributed by atoms with Gasteiger partial charge >= 0.3 is 0 Å². The second-order valence-electron chi connectivity index (χ2n) is 5.59. The third-order valence-electron chi connectivity index (χ3n) is 3.67. The molecule has 1 amide bonds. The number of aryl methyl sites for hydroxylation is 2. The van der Waals surface area contributed by atoms with Gasteiger partial charge in [-0.2, -0.15) is 9.97 Å². The second kappa shape index (κ2) is 7.69. The number of amides is 1. The largest absolute Gasteiger partial charge is 0.339 e. The van der Waals surface area contributed by atoms with E-state index in [1.807, 2.05) is 37.3 Å². The molecule has 0 unspecified atom stereocenters. The molecule has 0 saturated carbocycles.